The fraction of sp³-hybridized carbons (Fsp3) is 0.348. The van der Waals surface area contributed by atoms with Gasteiger partial charge in [0.15, 0.2) is 15.0 Å². The van der Waals surface area contributed by atoms with Gasteiger partial charge in [0.05, 0.1) is 11.5 Å². The van der Waals surface area contributed by atoms with E-state index in [-0.39, 0.29) is 23.3 Å². The van der Waals surface area contributed by atoms with Crippen molar-refractivity contribution in [3.05, 3.63) is 71.5 Å². The highest BCUT2D eigenvalue weighted by Gasteiger charge is 2.30. The minimum atomic E-state index is -2.94. The Hall–Kier alpha value is -2.65. The third-order valence-corrected chi connectivity index (χ3v) is 8.73. The van der Waals surface area contributed by atoms with Crippen LogP contribution in [0.4, 0.5) is 5.69 Å². The van der Waals surface area contributed by atoms with E-state index >= 15 is 0 Å². The number of carbonyl (C=O) groups is 1. The van der Waals surface area contributed by atoms with Crippen LogP contribution in [0.5, 0.6) is 0 Å². The lowest BCUT2D eigenvalue weighted by molar-refractivity contribution is -0.115. The molecule has 1 amide bonds. The van der Waals surface area contributed by atoms with Crippen LogP contribution in [-0.2, 0) is 28.1 Å². The molecule has 1 saturated heterocycles. The molecule has 2 heterocycles. The molecular formula is C23H26N4O3S2. The monoisotopic (exact) mass is 470 g/mol. The summed E-state index contributed by atoms with van der Waals surface area (Å²) in [6.07, 6.45) is 1.22. The van der Waals surface area contributed by atoms with Gasteiger partial charge in [-0.3, -0.25) is 4.79 Å². The predicted molar refractivity (Wildman–Crippen MR) is 126 cm³/mol. The molecule has 1 aliphatic rings. The standard InChI is InChI=1S/C23H26N4O3S2/c1-16-8-10-19(11-9-16)24-22(28)21(18-6-4-3-5-7-18)31-23-26-25-20(27(23)2)14-17-12-13-32(29,30)15-17/h3-11,17,21H,12-15H2,1-2H3,(H,24,28)/t17-,21+/m1/s1. The van der Waals surface area contributed by atoms with Crippen molar-refractivity contribution in [1.82, 2.24) is 14.8 Å². The average Bonchev–Trinajstić information content (AvgIpc) is 3.30. The highest BCUT2D eigenvalue weighted by Crippen LogP contribution is 2.36. The van der Waals surface area contributed by atoms with Gasteiger partial charge in [0.1, 0.15) is 11.1 Å². The molecule has 3 aromatic rings. The number of nitrogens with one attached hydrogen (secondary N) is 1. The van der Waals surface area contributed by atoms with Gasteiger partial charge in [-0.25, -0.2) is 8.42 Å². The van der Waals surface area contributed by atoms with Crippen LogP contribution in [0.1, 0.15) is 28.6 Å². The zero-order valence-corrected chi connectivity index (χ0v) is 19.7. The number of anilines is 1. The second-order valence-electron chi connectivity index (χ2n) is 8.19. The van der Waals surface area contributed by atoms with Gasteiger partial charge in [-0.15, -0.1) is 10.2 Å². The van der Waals surface area contributed by atoms with E-state index in [1.54, 1.807) is 0 Å². The van der Waals surface area contributed by atoms with Gasteiger partial charge in [0.2, 0.25) is 5.91 Å². The number of thioether (sulfide) groups is 1. The van der Waals surface area contributed by atoms with Crippen LogP contribution >= 0.6 is 11.8 Å². The predicted octanol–water partition coefficient (Wildman–Crippen LogP) is 3.57. The maximum Gasteiger partial charge on any atom is 0.242 e. The summed E-state index contributed by atoms with van der Waals surface area (Å²) in [5, 5.41) is 11.7. The first-order chi connectivity index (χ1) is 15.3. The molecule has 7 nitrogen and oxygen atoms in total. The third-order valence-electron chi connectivity index (χ3n) is 5.61. The second-order valence-corrected chi connectivity index (χ2v) is 11.5. The Morgan fingerprint density at radius 3 is 2.53 bits per heavy atom. The Labute approximate surface area is 192 Å². The average molecular weight is 471 g/mol. The quantitative estimate of drug-likeness (QED) is 0.531. The number of aromatic nitrogens is 3. The molecule has 4 rings (SSSR count). The molecule has 168 valence electrons. The van der Waals surface area contributed by atoms with Crippen LogP contribution in [0, 0.1) is 12.8 Å². The lowest BCUT2D eigenvalue weighted by Gasteiger charge is -2.17. The van der Waals surface area contributed by atoms with Gasteiger partial charge >= 0.3 is 0 Å². The molecule has 0 spiro atoms. The smallest absolute Gasteiger partial charge is 0.242 e. The zero-order valence-electron chi connectivity index (χ0n) is 18.1. The highest BCUT2D eigenvalue weighted by molar-refractivity contribution is 8.00. The summed E-state index contributed by atoms with van der Waals surface area (Å²) >= 11 is 1.34. The SMILES string of the molecule is Cc1ccc(NC(=O)[C@@H](Sc2nnc(C[C@H]3CCS(=O)(=O)C3)n2C)c2ccccc2)cc1. The molecule has 0 aliphatic carbocycles. The van der Waals surface area contributed by atoms with Crippen molar-refractivity contribution in [3.63, 3.8) is 0 Å². The number of sulfone groups is 1. The summed E-state index contributed by atoms with van der Waals surface area (Å²) in [7, 11) is -1.07. The van der Waals surface area contributed by atoms with Crippen molar-refractivity contribution < 1.29 is 13.2 Å². The Balaban J connectivity index is 1.53. The molecule has 32 heavy (non-hydrogen) atoms. The summed E-state index contributed by atoms with van der Waals surface area (Å²) in [6, 6.07) is 17.3. The maximum absolute atomic E-state index is 13.2. The maximum atomic E-state index is 13.2. The van der Waals surface area contributed by atoms with E-state index in [1.165, 1.54) is 11.8 Å². The number of hydrogen-bond donors (Lipinski definition) is 1. The van der Waals surface area contributed by atoms with Gasteiger partial charge in [-0.1, -0.05) is 59.8 Å². The molecule has 1 fully saturated rings. The van der Waals surface area contributed by atoms with E-state index in [2.05, 4.69) is 15.5 Å². The molecule has 1 aromatic heterocycles. The first-order valence-corrected chi connectivity index (χ1v) is 13.2. The number of hydrogen-bond acceptors (Lipinski definition) is 6. The van der Waals surface area contributed by atoms with Crippen LogP contribution in [0.3, 0.4) is 0 Å². The van der Waals surface area contributed by atoms with E-state index < -0.39 is 15.1 Å². The molecule has 0 unspecified atom stereocenters. The van der Waals surface area contributed by atoms with Crippen molar-refractivity contribution in [1.29, 1.82) is 0 Å². The summed E-state index contributed by atoms with van der Waals surface area (Å²) in [6.45, 7) is 2.00. The Morgan fingerprint density at radius 2 is 1.88 bits per heavy atom. The van der Waals surface area contributed by atoms with Gasteiger partial charge in [-0.05, 0) is 37.0 Å². The summed E-state index contributed by atoms with van der Waals surface area (Å²) in [4.78, 5) is 13.2. The van der Waals surface area contributed by atoms with E-state index in [9.17, 15) is 13.2 Å². The van der Waals surface area contributed by atoms with Crippen LogP contribution < -0.4 is 5.32 Å². The number of amides is 1. The third kappa shape index (κ3) is 5.39. The molecule has 0 bridgehead atoms. The van der Waals surface area contributed by atoms with E-state index in [0.29, 0.717) is 18.0 Å². The second kappa shape index (κ2) is 9.46. The Kier molecular flexibility index (Phi) is 6.66. The van der Waals surface area contributed by atoms with Crippen molar-refractivity contribution in [2.45, 2.75) is 30.2 Å². The fourth-order valence-corrected chi connectivity index (χ4v) is 6.65. The number of carbonyl (C=O) groups excluding carboxylic acids is 1. The number of rotatable bonds is 7. The van der Waals surface area contributed by atoms with E-state index in [0.717, 1.165) is 22.6 Å². The van der Waals surface area contributed by atoms with Gasteiger partial charge < -0.3 is 9.88 Å². The molecule has 2 atom stereocenters. The number of nitrogens with zero attached hydrogens (tertiary/aromatic N) is 3. The Bertz CT molecular complexity index is 1190. The van der Waals surface area contributed by atoms with Crippen LogP contribution in [0.2, 0.25) is 0 Å². The van der Waals surface area contributed by atoms with Crippen LogP contribution in [0.25, 0.3) is 0 Å². The number of benzene rings is 2. The van der Waals surface area contributed by atoms with Gasteiger partial charge in [0.25, 0.3) is 0 Å². The first kappa shape index (κ1) is 22.5. The zero-order chi connectivity index (χ0) is 22.7. The van der Waals surface area contributed by atoms with E-state index in [1.807, 2.05) is 73.1 Å². The van der Waals surface area contributed by atoms with Crippen LogP contribution in [-0.4, -0.2) is 40.6 Å². The summed E-state index contributed by atoms with van der Waals surface area (Å²) in [5.74, 6) is 1.10. The summed E-state index contributed by atoms with van der Waals surface area (Å²) in [5.41, 5.74) is 2.73. The van der Waals surface area contributed by atoms with Crippen LogP contribution in [0.15, 0.2) is 59.8 Å². The molecule has 2 aromatic carbocycles. The largest absolute Gasteiger partial charge is 0.325 e. The summed E-state index contributed by atoms with van der Waals surface area (Å²) < 4.78 is 25.4. The molecule has 0 radical (unpaired) electrons. The Morgan fingerprint density at radius 1 is 1.16 bits per heavy atom. The molecule has 0 saturated carbocycles. The topological polar surface area (TPSA) is 94.0 Å². The highest BCUT2D eigenvalue weighted by atomic mass is 32.2. The fourth-order valence-electron chi connectivity index (χ4n) is 3.77. The number of aryl methyl sites for hydroxylation is 1. The van der Waals surface area contributed by atoms with Gasteiger partial charge in [0, 0.05) is 19.2 Å². The van der Waals surface area contributed by atoms with Crippen molar-refractivity contribution in [2.75, 3.05) is 16.8 Å². The lowest BCUT2D eigenvalue weighted by Crippen LogP contribution is -2.19. The van der Waals surface area contributed by atoms with Crippen molar-refractivity contribution >= 4 is 33.2 Å². The first-order valence-electron chi connectivity index (χ1n) is 10.5. The van der Waals surface area contributed by atoms with E-state index in [4.69, 9.17) is 0 Å². The molecule has 9 heteroatoms. The van der Waals surface area contributed by atoms with Crippen molar-refractivity contribution in [3.8, 4) is 0 Å². The molecule has 1 aliphatic heterocycles. The lowest BCUT2D eigenvalue weighted by atomic mass is 10.1. The van der Waals surface area contributed by atoms with Crippen molar-refractivity contribution in [2.24, 2.45) is 13.0 Å². The minimum absolute atomic E-state index is 0.0653. The van der Waals surface area contributed by atoms with Gasteiger partial charge in [-0.2, -0.15) is 0 Å². The minimum Gasteiger partial charge on any atom is -0.325 e. The molecule has 1 N–H and O–H groups in total. The normalized spacial score (nSPS) is 18.4. The molecular weight excluding hydrogens is 444 g/mol.